The van der Waals surface area contributed by atoms with Crippen molar-refractivity contribution < 1.29 is 14.6 Å². The first-order valence-corrected chi connectivity index (χ1v) is 23.0. The number of allylic oxidation sites excluding steroid dienone is 5. The Hall–Kier alpha value is -2.17. The Morgan fingerprint density at radius 2 is 1.76 bits per heavy atom. The van der Waals surface area contributed by atoms with Gasteiger partial charge < -0.3 is 20.1 Å². The molecule has 5 fully saturated rings. The molecular formula is C45H70N6O3S. The second-order valence-electron chi connectivity index (χ2n) is 20.5. The molecule has 1 aromatic rings. The third kappa shape index (κ3) is 6.40. The van der Waals surface area contributed by atoms with Gasteiger partial charge in [0.15, 0.2) is 0 Å². The van der Waals surface area contributed by atoms with E-state index in [4.69, 9.17) is 4.74 Å². The van der Waals surface area contributed by atoms with Gasteiger partial charge in [0.1, 0.15) is 12.0 Å². The van der Waals surface area contributed by atoms with Gasteiger partial charge >= 0.3 is 12.0 Å². The molecular weight excluding hydrogens is 705 g/mol. The van der Waals surface area contributed by atoms with Gasteiger partial charge in [0.25, 0.3) is 0 Å². The van der Waals surface area contributed by atoms with Crippen molar-refractivity contribution in [2.45, 2.75) is 118 Å². The Morgan fingerprint density at radius 1 is 1.02 bits per heavy atom. The van der Waals surface area contributed by atoms with Crippen molar-refractivity contribution >= 4 is 17.7 Å². The number of nitrogens with zero attached hydrogens (tertiary/aromatic N) is 5. The number of aliphatic carboxylic acids is 1. The van der Waals surface area contributed by atoms with Crippen LogP contribution in [0.3, 0.4) is 0 Å². The molecule has 1 aliphatic heterocycles. The normalized spacial score (nSPS) is 42.6. The molecule has 4 saturated carbocycles. The molecule has 304 valence electrons. The summed E-state index contributed by atoms with van der Waals surface area (Å²) in [4.78, 5) is 15.4. The van der Waals surface area contributed by atoms with Crippen LogP contribution in [0.25, 0.3) is 0 Å². The minimum atomic E-state index is -0.980. The minimum absolute atomic E-state index is 0.0430. The number of thioether (sulfide) groups is 1. The zero-order valence-electron chi connectivity index (χ0n) is 35.0. The Bertz CT molecular complexity index is 1700. The Morgan fingerprint density at radius 3 is 2.44 bits per heavy atom. The quantitative estimate of drug-likeness (QED) is 0.228. The maximum absolute atomic E-state index is 12.7. The van der Waals surface area contributed by atoms with Crippen LogP contribution in [0.4, 0.5) is 0 Å². The van der Waals surface area contributed by atoms with E-state index in [1.807, 2.05) is 0 Å². The van der Waals surface area contributed by atoms with Crippen LogP contribution in [-0.2, 0) is 11.8 Å². The molecule has 0 amide bonds. The first-order chi connectivity index (χ1) is 26.2. The summed E-state index contributed by atoms with van der Waals surface area (Å²) in [6.45, 7) is 24.9. The van der Waals surface area contributed by atoms with Crippen LogP contribution in [0, 0.1) is 63.1 Å². The summed E-state index contributed by atoms with van der Waals surface area (Å²) in [6.07, 6.45) is 17.3. The number of tetrazole rings is 1. The lowest BCUT2D eigenvalue weighted by Crippen LogP contribution is -2.67. The maximum atomic E-state index is 12.7. The molecule has 8 rings (SSSR count). The molecule has 55 heavy (non-hydrogen) atoms. The summed E-state index contributed by atoms with van der Waals surface area (Å²) in [5.74, 6) is 6.38. The van der Waals surface area contributed by atoms with Crippen LogP contribution in [0.2, 0.25) is 0 Å². The van der Waals surface area contributed by atoms with E-state index in [2.05, 4.69) is 97.8 Å². The molecule has 1 unspecified atom stereocenters. The fourth-order valence-electron chi connectivity index (χ4n) is 14.6. The lowest BCUT2D eigenvalue weighted by atomic mass is 9.35. The van der Waals surface area contributed by atoms with Crippen molar-refractivity contribution in [1.82, 2.24) is 30.4 Å². The van der Waals surface area contributed by atoms with Crippen LogP contribution in [0.15, 0.2) is 35.5 Å². The summed E-state index contributed by atoms with van der Waals surface area (Å²) >= 11 is 2.11. The smallest absolute Gasteiger partial charge is 0.335 e. The van der Waals surface area contributed by atoms with E-state index in [-0.39, 0.29) is 23.6 Å². The lowest BCUT2D eigenvalue weighted by molar-refractivity contribution is -0.201. The fourth-order valence-corrected chi connectivity index (χ4v) is 15.6. The minimum Gasteiger partial charge on any atom is -0.481 e. The molecule has 2 N–H and O–H groups in total. The van der Waals surface area contributed by atoms with Gasteiger partial charge in [-0.2, -0.15) is 16.4 Å². The predicted octanol–water partition coefficient (Wildman–Crippen LogP) is 8.21. The molecule has 6 aliphatic carbocycles. The molecule has 7 aliphatic rings. The van der Waals surface area contributed by atoms with Gasteiger partial charge in [-0.1, -0.05) is 64.0 Å². The van der Waals surface area contributed by atoms with Crippen LogP contribution in [-0.4, -0.2) is 86.0 Å². The van der Waals surface area contributed by atoms with Gasteiger partial charge in [0.2, 0.25) is 0 Å². The van der Waals surface area contributed by atoms with E-state index >= 15 is 0 Å². The highest BCUT2D eigenvalue weighted by Crippen LogP contribution is 2.74. The Balaban J connectivity index is 1.02. The van der Waals surface area contributed by atoms with E-state index < -0.39 is 11.4 Å². The molecule has 1 aromatic heterocycles. The largest absolute Gasteiger partial charge is 0.481 e. The number of hydrogen-bond donors (Lipinski definition) is 2. The molecule has 0 bridgehead atoms. The molecule has 11 atom stereocenters. The Kier molecular flexibility index (Phi) is 10.5. The average Bonchev–Trinajstić information content (AvgIpc) is 3.76. The van der Waals surface area contributed by atoms with Gasteiger partial charge in [0, 0.05) is 50.3 Å². The highest BCUT2D eigenvalue weighted by Gasteiger charge is 2.69. The molecule has 2 heterocycles. The van der Waals surface area contributed by atoms with Crippen LogP contribution >= 0.6 is 11.8 Å². The van der Waals surface area contributed by atoms with E-state index in [0.29, 0.717) is 53.3 Å². The number of carboxylic acids is 1. The molecule has 10 heteroatoms. The van der Waals surface area contributed by atoms with Crippen molar-refractivity contribution in [2.24, 2.45) is 70.1 Å². The number of fused-ring (bicyclic) bond motifs is 7. The van der Waals surface area contributed by atoms with Crippen molar-refractivity contribution in [2.75, 3.05) is 44.3 Å². The first-order valence-electron chi connectivity index (χ1n) is 21.9. The number of carbonyl (C=O) groups is 1. The third-order valence-corrected chi connectivity index (χ3v) is 18.8. The third-order valence-electron chi connectivity index (χ3n) is 17.9. The summed E-state index contributed by atoms with van der Waals surface area (Å²) < 4.78 is 7.32. The number of rotatable bonds is 10. The van der Waals surface area contributed by atoms with Crippen molar-refractivity contribution in [3.05, 3.63) is 35.5 Å². The molecule has 0 spiro atoms. The second-order valence-corrected chi connectivity index (χ2v) is 21.7. The van der Waals surface area contributed by atoms with Gasteiger partial charge in [-0.25, -0.2) is 0 Å². The van der Waals surface area contributed by atoms with E-state index in [1.165, 1.54) is 104 Å². The summed E-state index contributed by atoms with van der Waals surface area (Å²) in [5.41, 5.74) is 4.26. The van der Waals surface area contributed by atoms with Crippen LogP contribution in [0.5, 0.6) is 6.01 Å². The van der Waals surface area contributed by atoms with Gasteiger partial charge in [-0.05, 0) is 157 Å². The first kappa shape index (κ1) is 39.6. The van der Waals surface area contributed by atoms with Crippen LogP contribution in [0.1, 0.15) is 112 Å². The number of nitrogens with one attached hydrogen (secondary N) is 1. The number of aryl methyl sites for hydroxylation is 1. The number of aromatic nitrogens is 4. The molecule has 0 radical (unpaired) electrons. The average molecular weight is 775 g/mol. The Labute approximate surface area is 335 Å². The summed E-state index contributed by atoms with van der Waals surface area (Å²) in [6, 6.07) is 0.254. The van der Waals surface area contributed by atoms with Gasteiger partial charge in [0.05, 0.1) is 0 Å². The second kappa shape index (κ2) is 14.6. The topological polar surface area (TPSA) is 105 Å². The monoisotopic (exact) mass is 775 g/mol. The van der Waals surface area contributed by atoms with Crippen molar-refractivity contribution in [3.8, 4) is 6.01 Å². The van der Waals surface area contributed by atoms with Crippen LogP contribution < -0.4 is 10.1 Å². The number of carboxylic acid groups (broad SMARTS) is 1. The van der Waals surface area contributed by atoms with Crippen molar-refractivity contribution in [3.63, 3.8) is 0 Å². The van der Waals surface area contributed by atoms with E-state index in [1.54, 1.807) is 7.05 Å². The SMILES string of the molecule is C=C(C)[C@@H]1CC[C@]2(NCCN3CCSCC3)CC[C@]3(C)[C@H](CC[C@@H]4[C@@H]5[C@@H](CC[C@]43C)C(C)(C)C(C3=CCC(COc4nnnn4C)(C(=O)O)CC3)=C[C@@H]5C)[C@@H]12. The molecule has 1 saturated heterocycles. The standard InChI is InChI=1S/C45H70N6O3S/c1-29(2)32-13-18-45(46-21-22-51-23-25-55-26-24-51)20-19-43(7)35(38(32)45)10-9-34-37-30(3)27-36(41(4,5)33(37)14-15-42(34,43)6)31-11-16-44(17-12-31,39(52)53)28-54-40-47-48-49-50(40)8/h11,27,30,32-35,37-38,46H,1,9-10,12-26,28H2,2-8H3,(H,52,53)/t30-,32-,33+,34+,35+,37-,38+,42+,43+,44?,45-/m0/s1. The number of hydrogen-bond acceptors (Lipinski definition) is 8. The van der Waals surface area contributed by atoms with E-state index in [9.17, 15) is 9.90 Å². The fraction of sp³-hybridized carbons (Fsp3) is 0.822. The predicted molar refractivity (Wildman–Crippen MR) is 221 cm³/mol. The highest BCUT2D eigenvalue weighted by atomic mass is 32.2. The zero-order chi connectivity index (χ0) is 39.0. The molecule has 0 aromatic carbocycles. The number of ether oxygens (including phenoxy) is 1. The highest BCUT2D eigenvalue weighted by molar-refractivity contribution is 7.99. The van der Waals surface area contributed by atoms with Gasteiger partial charge in [-0.3, -0.25) is 4.79 Å². The van der Waals surface area contributed by atoms with Gasteiger partial charge in [-0.15, -0.1) is 0 Å². The molecule has 9 nitrogen and oxygen atoms in total. The summed E-state index contributed by atoms with van der Waals surface area (Å²) in [5, 5.41) is 26.2. The summed E-state index contributed by atoms with van der Waals surface area (Å²) in [7, 11) is 1.71. The van der Waals surface area contributed by atoms with E-state index in [0.717, 1.165) is 24.8 Å². The maximum Gasteiger partial charge on any atom is 0.335 e. The lowest BCUT2D eigenvalue weighted by Gasteiger charge is -2.70. The zero-order valence-corrected chi connectivity index (χ0v) is 35.9. The van der Waals surface area contributed by atoms with Crippen molar-refractivity contribution in [1.29, 1.82) is 0 Å².